The van der Waals surface area contributed by atoms with Gasteiger partial charge in [0, 0.05) is 31.4 Å². The maximum absolute atomic E-state index is 12.8. The normalized spacial score (nSPS) is 16.0. The Morgan fingerprint density at radius 2 is 2.03 bits per heavy atom. The molecule has 1 aliphatic heterocycles. The molecule has 30 heavy (non-hydrogen) atoms. The van der Waals surface area contributed by atoms with Crippen LogP contribution in [0.2, 0.25) is 0 Å². The molecule has 0 aliphatic carbocycles. The van der Waals surface area contributed by atoms with Gasteiger partial charge in [-0.05, 0) is 38.8 Å². The van der Waals surface area contributed by atoms with E-state index in [0.29, 0.717) is 18.1 Å². The zero-order valence-electron chi connectivity index (χ0n) is 18.7. The van der Waals surface area contributed by atoms with Gasteiger partial charge in [0.05, 0.1) is 19.0 Å². The fraction of sp³-hybridized carbons (Fsp3) is 0.500. The maximum Gasteiger partial charge on any atom is 0.249 e. The lowest BCUT2D eigenvalue weighted by Crippen LogP contribution is -2.54. The highest BCUT2D eigenvalue weighted by atomic mass is 16.5. The first-order valence-corrected chi connectivity index (χ1v) is 10.5. The minimum Gasteiger partial charge on any atom is -0.494 e. The molecule has 2 heterocycles. The number of rotatable bonds is 8. The molecule has 2 aromatic rings. The molecule has 8 heteroatoms. The lowest BCUT2D eigenvalue weighted by Gasteiger charge is -2.42. The van der Waals surface area contributed by atoms with E-state index in [9.17, 15) is 4.79 Å². The molecule has 0 bridgehead atoms. The summed E-state index contributed by atoms with van der Waals surface area (Å²) in [5, 5.41) is 6.63. The summed E-state index contributed by atoms with van der Waals surface area (Å²) in [4.78, 5) is 25.8. The average molecular weight is 413 g/mol. The quantitative estimate of drug-likeness (QED) is 0.677. The van der Waals surface area contributed by atoms with Crippen molar-refractivity contribution in [3.05, 3.63) is 24.4 Å². The number of carbonyl (C=O) groups is 1. The van der Waals surface area contributed by atoms with E-state index in [-0.39, 0.29) is 18.0 Å². The van der Waals surface area contributed by atoms with E-state index in [0.717, 1.165) is 35.8 Å². The molecule has 1 aromatic heterocycles. The highest BCUT2D eigenvalue weighted by molar-refractivity contribution is 6.04. The standard InChI is InChI=1S/C22H32N6O2/c1-7-11-23-15-9-10-16(19(12-15)30-6)25-22-24-13-18-20(26-22)28(14(3)4)17(8-2)21(29)27(18)5/h9-10,12-14,17,23H,7-8,11H2,1-6H3,(H,24,25,26)/t17-/m1/s1. The molecular formula is C22H32N6O2. The molecule has 1 aromatic carbocycles. The Labute approximate surface area is 178 Å². The number of benzene rings is 1. The summed E-state index contributed by atoms with van der Waals surface area (Å²) in [7, 11) is 3.42. The Bertz CT molecular complexity index is 901. The second-order valence-electron chi connectivity index (χ2n) is 7.69. The maximum atomic E-state index is 12.8. The van der Waals surface area contributed by atoms with Crippen LogP contribution in [0.3, 0.4) is 0 Å². The van der Waals surface area contributed by atoms with E-state index in [1.165, 1.54) is 0 Å². The number of fused-ring (bicyclic) bond motifs is 1. The molecule has 1 amide bonds. The van der Waals surface area contributed by atoms with Crippen LogP contribution in [0.1, 0.15) is 40.5 Å². The van der Waals surface area contributed by atoms with Gasteiger partial charge in [-0.3, -0.25) is 4.79 Å². The molecule has 1 atom stereocenters. The Morgan fingerprint density at radius 3 is 2.67 bits per heavy atom. The summed E-state index contributed by atoms with van der Waals surface area (Å²) in [6.07, 6.45) is 3.47. The van der Waals surface area contributed by atoms with Gasteiger partial charge in [-0.2, -0.15) is 4.98 Å². The molecule has 0 unspecified atom stereocenters. The third-order valence-corrected chi connectivity index (χ3v) is 5.28. The minimum atomic E-state index is -0.233. The van der Waals surface area contributed by atoms with Crippen molar-refractivity contribution in [2.24, 2.45) is 0 Å². The van der Waals surface area contributed by atoms with Crippen LogP contribution >= 0.6 is 0 Å². The lowest BCUT2D eigenvalue weighted by atomic mass is 10.1. The predicted molar refractivity (Wildman–Crippen MR) is 122 cm³/mol. The molecule has 0 saturated heterocycles. The van der Waals surface area contributed by atoms with Gasteiger partial charge >= 0.3 is 0 Å². The summed E-state index contributed by atoms with van der Waals surface area (Å²) in [6, 6.07) is 5.80. The van der Waals surface area contributed by atoms with Crippen molar-refractivity contribution in [1.29, 1.82) is 0 Å². The predicted octanol–water partition coefficient (Wildman–Crippen LogP) is 4.02. The number of anilines is 5. The second kappa shape index (κ2) is 9.19. The molecule has 2 N–H and O–H groups in total. The molecular weight excluding hydrogens is 380 g/mol. The van der Waals surface area contributed by atoms with Crippen molar-refractivity contribution >= 4 is 34.7 Å². The van der Waals surface area contributed by atoms with Crippen molar-refractivity contribution in [3.63, 3.8) is 0 Å². The van der Waals surface area contributed by atoms with Crippen molar-refractivity contribution in [2.45, 2.75) is 52.6 Å². The van der Waals surface area contributed by atoms with Crippen LogP contribution in [0.25, 0.3) is 0 Å². The highest BCUT2D eigenvalue weighted by Gasteiger charge is 2.38. The number of amides is 1. The molecule has 0 radical (unpaired) electrons. The van der Waals surface area contributed by atoms with E-state index < -0.39 is 0 Å². The van der Waals surface area contributed by atoms with Crippen LogP contribution in [0, 0.1) is 0 Å². The fourth-order valence-corrected chi connectivity index (χ4v) is 3.73. The molecule has 1 aliphatic rings. The number of nitrogens with zero attached hydrogens (tertiary/aromatic N) is 4. The number of hydrogen-bond acceptors (Lipinski definition) is 7. The van der Waals surface area contributed by atoms with E-state index in [2.05, 4.69) is 41.3 Å². The average Bonchev–Trinajstić information content (AvgIpc) is 2.74. The number of methoxy groups -OCH3 is 1. The number of nitrogens with one attached hydrogen (secondary N) is 2. The number of hydrogen-bond donors (Lipinski definition) is 2. The smallest absolute Gasteiger partial charge is 0.249 e. The van der Waals surface area contributed by atoms with Gasteiger partial charge in [0.1, 0.15) is 17.5 Å². The fourth-order valence-electron chi connectivity index (χ4n) is 3.73. The summed E-state index contributed by atoms with van der Waals surface area (Å²) < 4.78 is 5.55. The van der Waals surface area contributed by atoms with Gasteiger partial charge in [0.25, 0.3) is 0 Å². The highest BCUT2D eigenvalue weighted by Crippen LogP contribution is 2.37. The first-order chi connectivity index (χ1) is 14.4. The van der Waals surface area contributed by atoms with E-state index in [4.69, 9.17) is 9.72 Å². The van der Waals surface area contributed by atoms with Gasteiger partial charge in [-0.1, -0.05) is 13.8 Å². The molecule has 0 spiro atoms. The molecule has 162 valence electrons. The SMILES string of the molecule is CCCNc1ccc(Nc2ncc3c(n2)N(C(C)C)[C@H](CC)C(=O)N3C)c(OC)c1. The van der Waals surface area contributed by atoms with Crippen LogP contribution in [-0.2, 0) is 4.79 Å². The second-order valence-corrected chi connectivity index (χ2v) is 7.69. The first-order valence-electron chi connectivity index (χ1n) is 10.5. The van der Waals surface area contributed by atoms with Crippen LogP contribution in [0.5, 0.6) is 5.75 Å². The van der Waals surface area contributed by atoms with Crippen LogP contribution in [0.15, 0.2) is 24.4 Å². The monoisotopic (exact) mass is 412 g/mol. The number of likely N-dealkylation sites (N-methyl/N-ethyl adjacent to an activating group) is 1. The first kappa shape index (κ1) is 21.7. The Balaban J connectivity index is 1.94. The van der Waals surface area contributed by atoms with E-state index in [1.54, 1.807) is 25.3 Å². The van der Waals surface area contributed by atoms with Gasteiger partial charge in [0.15, 0.2) is 5.82 Å². The van der Waals surface area contributed by atoms with Crippen molar-refractivity contribution in [3.8, 4) is 5.75 Å². The van der Waals surface area contributed by atoms with Crippen LogP contribution in [-0.4, -0.2) is 48.7 Å². The van der Waals surface area contributed by atoms with Crippen molar-refractivity contribution in [1.82, 2.24) is 9.97 Å². The largest absolute Gasteiger partial charge is 0.494 e. The Kier molecular flexibility index (Phi) is 6.64. The van der Waals surface area contributed by atoms with Crippen molar-refractivity contribution in [2.75, 3.05) is 41.1 Å². The Hall–Kier alpha value is -3.03. The zero-order chi connectivity index (χ0) is 21.8. The summed E-state index contributed by atoms with van der Waals surface area (Å²) in [5.74, 6) is 2.00. The van der Waals surface area contributed by atoms with Gasteiger partial charge in [-0.25, -0.2) is 4.98 Å². The van der Waals surface area contributed by atoms with E-state index >= 15 is 0 Å². The van der Waals surface area contributed by atoms with Crippen LogP contribution in [0.4, 0.5) is 28.8 Å². The molecule has 0 fully saturated rings. The molecule has 0 saturated carbocycles. The minimum absolute atomic E-state index is 0.0693. The third-order valence-electron chi connectivity index (χ3n) is 5.28. The topological polar surface area (TPSA) is 82.6 Å². The molecule has 8 nitrogen and oxygen atoms in total. The Morgan fingerprint density at radius 1 is 1.27 bits per heavy atom. The van der Waals surface area contributed by atoms with Crippen molar-refractivity contribution < 1.29 is 9.53 Å². The zero-order valence-corrected chi connectivity index (χ0v) is 18.7. The lowest BCUT2D eigenvalue weighted by molar-refractivity contribution is -0.120. The number of aromatic nitrogens is 2. The van der Waals surface area contributed by atoms with Gasteiger partial charge < -0.3 is 25.2 Å². The van der Waals surface area contributed by atoms with Gasteiger partial charge in [-0.15, -0.1) is 0 Å². The van der Waals surface area contributed by atoms with Gasteiger partial charge in [0.2, 0.25) is 11.9 Å². The summed E-state index contributed by atoms with van der Waals surface area (Å²) in [6.45, 7) is 9.20. The van der Waals surface area contributed by atoms with E-state index in [1.807, 2.05) is 25.1 Å². The van der Waals surface area contributed by atoms with Crippen LogP contribution < -0.4 is 25.2 Å². The number of carbonyl (C=O) groups excluding carboxylic acids is 1. The third kappa shape index (κ3) is 4.13. The summed E-state index contributed by atoms with van der Waals surface area (Å²) >= 11 is 0. The summed E-state index contributed by atoms with van der Waals surface area (Å²) in [5.41, 5.74) is 2.50. The molecule has 3 rings (SSSR count). The number of ether oxygens (including phenoxy) is 1.